The van der Waals surface area contributed by atoms with E-state index in [1.807, 2.05) is 0 Å². The van der Waals surface area contributed by atoms with Crippen LogP contribution in [0, 0.1) is 0 Å². The molecule has 90 valence electrons. The third kappa shape index (κ3) is 2.05. The lowest BCUT2D eigenvalue weighted by atomic mass is 10.0. The molecule has 0 spiro atoms. The van der Waals surface area contributed by atoms with Crippen LogP contribution >= 0.6 is 15.9 Å². The molecule has 2 rings (SSSR count). The number of nitrogens with two attached hydrogens (primary N) is 1. The number of halogens is 1. The number of fused-ring (bicyclic) bond motifs is 1. The zero-order chi connectivity index (χ0) is 12.4. The molecule has 0 unspecified atom stereocenters. The second-order valence-corrected chi connectivity index (χ2v) is 4.32. The van der Waals surface area contributed by atoms with E-state index in [9.17, 15) is 9.59 Å². The Kier molecular flexibility index (Phi) is 3.44. The predicted octanol–water partition coefficient (Wildman–Crippen LogP) is 1.52. The highest BCUT2D eigenvalue weighted by molar-refractivity contribution is 9.10. The molecule has 0 aliphatic carbocycles. The molecule has 0 fully saturated rings. The number of Topliss-reactive ketones (excluding diaryl/α,β-unsaturated/α-hetero) is 1. The molecule has 5 nitrogen and oxygen atoms in total. The first-order valence-corrected chi connectivity index (χ1v) is 5.79. The fourth-order valence-electron chi connectivity index (χ4n) is 1.64. The number of ether oxygens (including phenoxy) is 2. The molecule has 0 radical (unpaired) electrons. The van der Waals surface area contributed by atoms with Gasteiger partial charge in [0, 0.05) is 10.9 Å². The van der Waals surface area contributed by atoms with Crippen molar-refractivity contribution in [2.45, 2.75) is 6.42 Å². The zero-order valence-electron chi connectivity index (χ0n) is 8.86. The van der Waals surface area contributed by atoms with Crippen molar-refractivity contribution in [3.05, 3.63) is 21.7 Å². The molecule has 1 heterocycles. The summed E-state index contributed by atoms with van der Waals surface area (Å²) in [6.45, 7) is 0.275. The van der Waals surface area contributed by atoms with Crippen LogP contribution < -0.4 is 15.2 Å². The van der Waals surface area contributed by atoms with Gasteiger partial charge < -0.3 is 15.2 Å². The fraction of sp³-hybridized carbons (Fsp3) is 0.273. The summed E-state index contributed by atoms with van der Waals surface area (Å²) in [6, 6.07) is 1.56. The molecule has 0 amide bonds. The molecule has 0 saturated carbocycles. The topological polar surface area (TPSA) is 78.6 Å². The highest BCUT2D eigenvalue weighted by atomic mass is 79.9. The number of benzene rings is 1. The van der Waals surface area contributed by atoms with Gasteiger partial charge in [-0.25, -0.2) is 0 Å². The van der Waals surface area contributed by atoms with E-state index in [4.69, 9.17) is 15.2 Å². The Morgan fingerprint density at radius 2 is 2.18 bits per heavy atom. The molecular formula is C11H10BrNO4. The van der Waals surface area contributed by atoms with Crippen molar-refractivity contribution in [2.24, 2.45) is 5.73 Å². The lowest BCUT2D eigenvalue weighted by molar-refractivity contribution is 0.0980. The van der Waals surface area contributed by atoms with Crippen LogP contribution in [-0.4, -0.2) is 25.4 Å². The van der Waals surface area contributed by atoms with E-state index in [0.717, 1.165) is 0 Å². The summed E-state index contributed by atoms with van der Waals surface area (Å²) in [4.78, 5) is 22.8. The van der Waals surface area contributed by atoms with Crippen LogP contribution in [0.1, 0.15) is 27.1 Å². The number of rotatable bonds is 4. The maximum atomic E-state index is 11.8. The van der Waals surface area contributed by atoms with Crippen molar-refractivity contribution in [1.82, 2.24) is 0 Å². The molecular weight excluding hydrogens is 290 g/mol. The Morgan fingerprint density at radius 1 is 1.47 bits per heavy atom. The van der Waals surface area contributed by atoms with E-state index in [1.165, 1.54) is 0 Å². The summed E-state index contributed by atoms with van der Waals surface area (Å²) < 4.78 is 10.9. The molecule has 1 aromatic rings. The van der Waals surface area contributed by atoms with Gasteiger partial charge in [-0.2, -0.15) is 0 Å². The molecule has 6 heteroatoms. The minimum atomic E-state index is -0.132. The van der Waals surface area contributed by atoms with Gasteiger partial charge in [0.15, 0.2) is 23.6 Å². The molecule has 0 atom stereocenters. The Hall–Kier alpha value is -1.40. The number of hydrogen-bond donors (Lipinski definition) is 1. The summed E-state index contributed by atoms with van der Waals surface area (Å²) in [7, 11) is 0. The highest BCUT2D eigenvalue weighted by Crippen LogP contribution is 2.42. The Labute approximate surface area is 106 Å². The number of ketones is 1. The summed E-state index contributed by atoms with van der Waals surface area (Å²) >= 11 is 3.23. The smallest absolute Gasteiger partial charge is 0.231 e. The van der Waals surface area contributed by atoms with Gasteiger partial charge in [-0.3, -0.25) is 9.59 Å². The molecule has 0 saturated heterocycles. The lowest BCUT2D eigenvalue weighted by Crippen LogP contribution is -2.09. The molecule has 1 aliphatic heterocycles. The van der Waals surface area contributed by atoms with Gasteiger partial charge in [0.1, 0.15) is 0 Å². The van der Waals surface area contributed by atoms with Crippen molar-refractivity contribution >= 4 is 28.0 Å². The molecule has 0 bridgehead atoms. The van der Waals surface area contributed by atoms with Crippen LogP contribution in [0.25, 0.3) is 0 Å². The minimum absolute atomic E-state index is 0.00946. The van der Waals surface area contributed by atoms with E-state index in [-0.39, 0.29) is 25.5 Å². The third-order valence-corrected chi connectivity index (χ3v) is 3.08. The minimum Gasteiger partial charge on any atom is -0.453 e. The molecule has 0 aromatic heterocycles. The quantitative estimate of drug-likeness (QED) is 0.674. The van der Waals surface area contributed by atoms with Crippen molar-refractivity contribution in [1.29, 1.82) is 0 Å². The van der Waals surface area contributed by atoms with Gasteiger partial charge in [-0.15, -0.1) is 0 Å². The predicted molar refractivity (Wildman–Crippen MR) is 63.7 cm³/mol. The first kappa shape index (κ1) is 12.1. The van der Waals surface area contributed by atoms with Crippen molar-refractivity contribution in [3.8, 4) is 11.5 Å². The van der Waals surface area contributed by atoms with E-state index in [1.54, 1.807) is 6.07 Å². The molecule has 1 aliphatic rings. The van der Waals surface area contributed by atoms with Crippen molar-refractivity contribution < 1.29 is 19.1 Å². The molecule has 1 aromatic carbocycles. The van der Waals surface area contributed by atoms with E-state index in [0.29, 0.717) is 33.4 Å². The third-order valence-electron chi connectivity index (χ3n) is 2.42. The van der Waals surface area contributed by atoms with Crippen LogP contribution in [0.5, 0.6) is 11.5 Å². The standard InChI is InChI=1S/C11H10BrNO4/c12-8-3-6(9(15)1-2-13)10-11(7(8)4-14)17-5-16-10/h3-4H,1-2,5,13H2. The normalized spacial score (nSPS) is 12.6. The molecule has 2 N–H and O–H groups in total. The fourth-order valence-corrected chi connectivity index (χ4v) is 2.14. The lowest BCUT2D eigenvalue weighted by Gasteiger charge is -2.07. The van der Waals surface area contributed by atoms with E-state index in [2.05, 4.69) is 15.9 Å². The number of hydrogen-bond acceptors (Lipinski definition) is 5. The van der Waals surface area contributed by atoms with Gasteiger partial charge in [0.05, 0.1) is 11.1 Å². The van der Waals surface area contributed by atoms with E-state index >= 15 is 0 Å². The van der Waals surface area contributed by atoms with Crippen molar-refractivity contribution in [3.63, 3.8) is 0 Å². The first-order valence-electron chi connectivity index (χ1n) is 4.99. The van der Waals surface area contributed by atoms with Crippen LogP contribution in [0.4, 0.5) is 0 Å². The average molecular weight is 300 g/mol. The Balaban J connectivity index is 2.55. The first-order chi connectivity index (χ1) is 8.19. The highest BCUT2D eigenvalue weighted by Gasteiger charge is 2.27. The monoisotopic (exact) mass is 299 g/mol. The van der Waals surface area contributed by atoms with Crippen LogP contribution in [0.3, 0.4) is 0 Å². The number of aldehydes is 1. The zero-order valence-corrected chi connectivity index (χ0v) is 10.5. The maximum absolute atomic E-state index is 11.8. The number of carbonyl (C=O) groups excluding carboxylic acids is 2. The summed E-state index contributed by atoms with van der Waals surface area (Å²) in [5, 5.41) is 0. The summed E-state index contributed by atoms with van der Waals surface area (Å²) in [5.41, 5.74) is 6.08. The summed E-state index contributed by atoms with van der Waals surface area (Å²) in [5.74, 6) is 0.510. The van der Waals surface area contributed by atoms with Crippen LogP contribution in [0.2, 0.25) is 0 Å². The van der Waals surface area contributed by atoms with Gasteiger partial charge in [0.25, 0.3) is 0 Å². The average Bonchev–Trinajstić information content (AvgIpc) is 2.77. The second-order valence-electron chi connectivity index (χ2n) is 3.46. The maximum Gasteiger partial charge on any atom is 0.231 e. The Morgan fingerprint density at radius 3 is 2.82 bits per heavy atom. The molecule has 17 heavy (non-hydrogen) atoms. The summed E-state index contributed by atoms with van der Waals surface area (Å²) in [6.07, 6.45) is 0.886. The largest absolute Gasteiger partial charge is 0.453 e. The van der Waals surface area contributed by atoms with Crippen molar-refractivity contribution in [2.75, 3.05) is 13.3 Å². The van der Waals surface area contributed by atoms with Gasteiger partial charge in [0.2, 0.25) is 6.79 Å². The Bertz CT molecular complexity index is 487. The van der Waals surface area contributed by atoms with Gasteiger partial charge in [-0.05, 0) is 28.5 Å². The van der Waals surface area contributed by atoms with E-state index < -0.39 is 0 Å². The SMILES string of the molecule is NCCC(=O)c1cc(Br)c(C=O)c2c1OCO2. The second kappa shape index (κ2) is 4.85. The van der Waals surface area contributed by atoms with Crippen LogP contribution in [0.15, 0.2) is 10.5 Å². The van der Waals surface area contributed by atoms with Gasteiger partial charge in [-0.1, -0.05) is 0 Å². The van der Waals surface area contributed by atoms with Gasteiger partial charge >= 0.3 is 0 Å². The van der Waals surface area contributed by atoms with Crippen LogP contribution in [-0.2, 0) is 0 Å². The number of carbonyl (C=O) groups is 2.